The molecule has 0 saturated carbocycles. The molecule has 0 fully saturated rings. The van der Waals surface area contributed by atoms with E-state index in [0.29, 0.717) is 17.2 Å². The molecule has 0 aliphatic heterocycles. The van der Waals surface area contributed by atoms with Crippen LogP contribution in [0.3, 0.4) is 0 Å². The summed E-state index contributed by atoms with van der Waals surface area (Å²) in [5, 5.41) is 18.7. The average molecular weight is 310 g/mol. The maximum absolute atomic E-state index is 10.8. The Labute approximate surface area is 125 Å². The Morgan fingerprint density at radius 2 is 2.24 bits per heavy atom. The van der Waals surface area contributed by atoms with Gasteiger partial charge in [-0.25, -0.2) is 0 Å². The molecule has 0 radical (unpaired) electrons. The zero-order valence-corrected chi connectivity index (χ0v) is 12.3. The average Bonchev–Trinajstić information content (AvgIpc) is 2.92. The maximum Gasteiger partial charge on any atom is 0.273 e. The number of nitrogens with zero attached hydrogens (tertiary/aromatic N) is 3. The summed E-state index contributed by atoms with van der Waals surface area (Å²) in [5.41, 5.74) is 0.588. The van der Waals surface area contributed by atoms with Gasteiger partial charge < -0.3 is 14.8 Å². The summed E-state index contributed by atoms with van der Waals surface area (Å²) in [5.74, 6) is 0.718. The van der Waals surface area contributed by atoms with Crippen molar-refractivity contribution in [3.8, 4) is 11.5 Å². The zero-order valence-electron chi connectivity index (χ0n) is 11.5. The van der Waals surface area contributed by atoms with Gasteiger partial charge in [-0.2, -0.15) is 0 Å². The second-order valence-electron chi connectivity index (χ2n) is 3.96. The summed E-state index contributed by atoms with van der Waals surface area (Å²) in [4.78, 5) is 10.3. The van der Waals surface area contributed by atoms with Gasteiger partial charge in [-0.1, -0.05) is 4.49 Å². The molecule has 112 valence electrons. The van der Waals surface area contributed by atoms with Crippen LogP contribution in [0.25, 0.3) is 0 Å². The molecular weight excluding hydrogens is 296 g/mol. The van der Waals surface area contributed by atoms with E-state index in [1.54, 1.807) is 0 Å². The van der Waals surface area contributed by atoms with Crippen molar-refractivity contribution in [2.75, 3.05) is 19.0 Å². The molecule has 0 unspecified atom stereocenters. The molecule has 2 rings (SSSR count). The number of anilines is 1. The van der Waals surface area contributed by atoms with Gasteiger partial charge in [0, 0.05) is 24.1 Å². The molecule has 21 heavy (non-hydrogen) atoms. The molecule has 0 saturated heterocycles. The lowest BCUT2D eigenvalue weighted by Crippen LogP contribution is -2.03. The number of benzene rings is 1. The van der Waals surface area contributed by atoms with E-state index < -0.39 is 4.92 Å². The number of hydrogen-bond acceptors (Lipinski definition) is 8. The van der Waals surface area contributed by atoms with Crippen LogP contribution in [-0.2, 0) is 6.61 Å². The van der Waals surface area contributed by atoms with Gasteiger partial charge >= 0.3 is 0 Å². The molecule has 0 spiro atoms. The molecule has 0 amide bonds. The second kappa shape index (κ2) is 6.84. The number of nitro groups is 1. The first-order valence-electron chi connectivity index (χ1n) is 6.16. The molecule has 0 atom stereocenters. The number of nitro benzene ring substituents is 1. The van der Waals surface area contributed by atoms with Crippen LogP contribution in [0.15, 0.2) is 18.2 Å². The standard InChI is InChI=1S/C12H14N4O4S/c1-3-13-12-9(14-15-21-12)7-20-11-6-8(16(17)18)4-5-10(11)19-2/h4-6,13H,3,7H2,1-2H3. The molecule has 8 nitrogen and oxygen atoms in total. The summed E-state index contributed by atoms with van der Waals surface area (Å²) >= 11 is 1.24. The largest absolute Gasteiger partial charge is 0.493 e. The van der Waals surface area contributed by atoms with E-state index in [-0.39, 0.29) is 12.3 Å². The maximum atomic E-state index is 10.8. The SMILES string of the molecule is CCNc1snnc1COc1cc([N+](=O)[O-])ccc1OC. The number of ether oxygens (including phenoxy) is 2. The zero-order chi connectivity index (χ0) is 15.2. The minimum Gasteiger partial charge on any atom is -0.493 e. The van der Waals surface area contributed by atoms with Gasteiger partial charge in [-0.15, -0.1) is 5.10 Å². The fraction of sp³-hybridized carbons (Fsp3) is 0.333. The highest BCUT2D eigenvalue weighted by Gasteiger charge is 2.14. The van der Waals surface area contributed by atoms with E-state index in [0.717, 1.165) is 11.5 Å². The van der Waals surface area contributed by atoms with Crippen LogP contribution < -0.4 is 14.8 Å². The summed E-state index contributed by atoms with van der Waals surface area (Å²) in [7, 11) is 1.47. The van der Waals surface area contributed by atoms with Crippen LogP contribution in [0.1, 0.15) is 12.6 Å². The molecular formula is C12H14N4O4S. The molecule has 0 bridgehead atoms. The van der Waals surface area contributed by atoms with Gasteiger partial charge in [0.25, 0.3) is 5.69 Å². The van der Waals surface area contributed by atoms with Crippen molar-refractivity contribution in [3.05, 3.63) is 34.0 Å². The molecule has 1 N–H and O–H groups in total. The third-order valence-corrected chi connectivity index (χ3v) is 3.34. The van der Waals surface area contributed by atoms with Crippen LogP contribution in [-0.4, -0.2) is 28.2 Å². The van der Waals surface area contributed by atoms with E-state index in [1.807, 2.05) is 6.92 Å². The monoisotopic (exact) mass is 310 g/mol. The highest BCUT2D eigenvalue weighted by molar-refractivity contribution is 7.10. The highest BCUT2D eigenvalue weighted by Crippen LogP contribution is 2.32. The Morgan fingerprint density at radius 3 is 2.90 bits per heavy atom. The Morgan fingerprint density at radius 1 is 1.43 bits per heavy atom. The molecule has 1 aromatic carbocycles. The number of hydrogen-bond donors (Lipinski definition) is 1. The van der Waals surface area contributed by atoms with Gasteiger partial charge in [0.1, 0.15) is 17.3 Å². The quantitative estimate of drug-likeness (QED) is 0.619. The summed E-state index contributed by atoms with van der Waals surface area (Å²) in [6.07, 6.45) is 0. The van der Waals surface area contributed by atoms with E-state index in [1.165, 1.54) is 36.8 Å². The predicted molar refractivity (Wildman–Crippen MR) is 78.1 cm³/mol. The van der Waals surface area contributed by atoms with Crippen LogP contribution >= 0.6 is 11.5 Å². The molecule has 0 aliphatic carbocycles. The van der Waals surface area contributed by atoms with Gasteiger partial charge in [0.05, 0.1) is 18.1 Å². The van der Waals surface area contributed by atoms with E-state index in [4.69, 9.17) is 9.47 Å². The van der Waals surface area contributed by atoms with Crippen LogP contribution in [0, 0.1) is 10.1 Å². The Hall–Kier alpha value is -2.42. The lowest BCUT2D eigenvalue weighted by atomic mass is 10.3. The number of rotatable bonds is 7. The minimum absolute atomic E-state index is 0.0610. The third kappa shape index (κ3) is 3.57. The fourth-order valence-electron chi connectivity index (χ4n) is 1.64. The number of nitrogens with one attached hydrogen (secondary N) is 1. The van der Waals surface area contributed by atoms with Crippen LogP contribution in [0.2, 0.25) is 0 Å². The molecule has 9 heteroatoms. The van der Waals surface area contributed by atoms with Gasteiger partial charge in [0.2, 0.25) is 0 Å². The van der Waals surface area contributed by atoms with Crippen molar-refractivity contribution in [1.29, 1.82) is 0 Å². The van der Waals surface area contributed by atoms with E-state index >= 15 is 0 Å². The van der Waals surface area contributed by atoms with Gasteiger partial charge in [0.15, 0.2) is 11.5 Å². The van der Waals surface area contributed by atoms with Crippen molar-refractivity contribution >= 4 is 22.2 Å². The van der Waals surface area contributed by atoms with Crippen LogP contribution in [0.4, 0.5) is 10.7 Å². The van der Waals surface area contributed by atoms with E-state index in [9.17, 15) is 10.1 Å². The lowest BCUT2D eigenvalue weighted by molar-refractivity contribution is -0.385. The summed E-state index contributed by atoms with van der Waals surface area (Å²) < 4.78 is 14.6. The summed E-state index contributed by atoms with van der Waals surface area (Å²) in [6.45, 7) is 2.86. The number of non-ortho nitro benzene ring substituents is 1. The smallest absolute Gasteiger partial charge is 0.273 e. The molecule has 1 heterocycles. The topological polar surface area (TPSA) is 99.4 Å². The Kier molecular flexibility index (Phi) is 4.88. The van der Waals surface area contributed by atoms with Gasteiger partial charge in [-0.05, 0) is 13.0 Å². The molecule has 1 aromatic heterocycles. The number of aromatic nitrogens is 2. The first-order chi connectivity index (χ1) is 10.2. The normalized spacial score (nSPS) is 10.2. The highest BCUT2D eigenvalue weighted by atomic mass is 32.1. The molecule has 2 aromatic rings. The first kappa shape index (κ1) is 15.0. The molecule has 0 aliphatic rings. The van der Waals surface area contributed by atoms with Crippen molar-refractivity contribution in [2.45, 2.75) is 13.5 Å². The van der Waals surface area contributed by atoms with Crippen molar-refractivity contribution in [1.82, 2.24) is 9.59 Å². The first-order valence-corrected chi connectivity index (χ1v) is 6.93. The third-order valence-electron chi connectivity index (χ3n) is 2.62. The van der Waals surface area contributed by atoms with E-state index in [2.05, 4.69) is 14.9 Å². The van der Waals surface area contributed by atoms with Crippen molar-refractivity contribution < 1.29 is 14.4 Å². The minimum atomic E-state index is -0.485. The second-order valence-corrected chi connectivity index (χ2v) is 4.71. The Bertz CT molecular complexity index is 631. The number of methoxy groups -OCH3 is 1. The fourth-order valence-corrected chi connectivity index (χ4v) is 2.27. The summed E-state index contributed by atoms with van der Waals surface area (Å²) in [6, 6.07) is 4.18. The van der Waals surface area contributed by atoms with Crippen LogP contribution in [0.5, 0.6) is 11.5 Å². The van der Waals surface area contributed by atoms with Crippen molar-refractivity contribution in [2.24, 2.45) is 0 Å². The lowest BCUT2D eigenvalue weighted by Gasteiger charge is -2.10. The van der Waals surface area contributed by atoms with Gasteiger partial charge in [-0.3, -0.25) is 10.1 Å². The Balaban J connectivity index is 2.16. The van der Waals surface area contributed by atoms with Crippen molar-refractivity contribution in [3.63, 3.8) is 0 Å². The predicted octanol–water partition coefficient (Wildman–Crippen LogP) is 2.47.